The number of pyridine rings is 1. The van der Waals surface area contributed by atoms with E-state index in [2.05, 4.69) is 60.1 Å². The zero-order valence-corrected chi connectivity index (χ0v) is 27.6. The molecule has 0 spiro atoms. The topological polar surface area (TPSA) is 64.0 Å². The lowest BCUT2D eigenvalue weighted by molar-refractivity contribution is -0.00532. The molecule has 3 atom stereocenters. The number of halogens is 2. The van der Waals surface area contributed by atoms with Crippen molar-refractivity contribution >= 4 is 36.0 Å². The molecule has 4 aromatic rings. The fourth-order valence-electron chi connectivity index (χ4n) is 6.48. The van der Waals surface area contributed by atoms with Gasteiger partial charge in [-0.1, -0.05) is 104 Å². The number of morpholine rings is 1. The monoisotopic (exact) mass is 631 g/mol. The number of benzene rings is 3. The summed E-state index contributed by atoms with van der Waals surface area (Å²) in [5.41, 5.74) is 1.83. The molecule has 2 heterocycles. The largest absolute Gasteiger partial charge is 0.403 e. The summed E-state index contributed by atoms with van der Waals surface area (Å²) < 4.78 is 29.5. The van der Waals surface area contributed by atoms with Crippen LogP contribution in [0.4, 0.5) is 10.1 Å². The molecule has 0 amide bonds. The van der Waals surface area contributed by atoms with Crippen LogP contribution in [0.3, 0.4) is 0 Å². The van der Waals surface area contributed by atoms with E-state index in [1.54, 1.807) is 24.4 Å². The highest BCUT2D eigenvalue weighted by Crippen LogP contribution is 2.42. The summed E-state index contributed by atoms with van der Waals surface area (Å²) in [5.74, 6) is -0.670. The zero-order valence-electron chi connectivity index (χ0n) is 25.8. The van der Waals surface area contributed by atoms with Crippen molar-refractivity contribution in [2.75, 3.05) is 18.0 Å². The van der Waals surface area contributed by atoms with Crippen LogP contribution in [-0.2, 0) is 15.8 Å². The van der Waals surface area contributed by atoms with Crippen LogP contribution in [0.2, 0.25) is 10.1 Å². The van der Waals surface area contributed by atoms with Gasteiger partial charge in [-0.05, 0) is 41.4 Å². The highest BCUT2D eigenvalue weighted by Gasteiger charge is 2.50. The third kappa shape index (κ3) is 6.22. The molecular formula is C35H39ClFN3O3Si. The first kappa shape index (κ1) is 32.0. The minimum Gasteiger partial charge on any atom is -0.403 e. The normalized spacial score (nSPS) is 18.2. The summed E-state index contributed by atoms with van der Waals surface area (Å²) in [6, 6.07) is 24.7. The first-order chi connectivity index (χ1) is 21.1. The first-order valence-electron chi connectivity index (χ1n) is 15.0. The maximum Gasteiger partial charge on any atom is 0.261 e. The number of hydrogen-bond donors (Lipinski definition) is 0. The van der Waals surface area contributed by atoms with E-state index in [-0.39, 0.29) is 34.4 Å². The van der Waals surface area contributed by atoms with Crippen LogP contribution in [0, 0.1) is 10.7 Å². The summed E-state index contributed by atoms with van der Waals surface area (Å²) in [7, 11) is -2.95. The van der Waals surface area contributed by atoms with E-state index in [1.807, 2.05) is 50.2 Å². The van der Waals surface area contributed by atoms with Gasteiger partial charge in [0.1, 0.15) is 16.9 Å². The predicted octanol–water partition coefficient (Wildman–Crippen LogP) is 7.42. The lowest BCUT2D eigenvalue weighted by Gasteiger charge is -2.43. The summed E-state index contributed by atoms with van der Waals surface area (Å²) >= 11 is 6.93. The zero-order chi connectivity index (χ0) is 31.5. The smallest absolute Gasteiger partial charge is 0.261 e. The van der Waals surface area contributed by atoms with Crippen molar-refractivity contribution in [2.45, 2.75) is 64.5 Å². The van der Waals surface area contributed by atoms with Crippen LogP contribution in [0.15, 0.2) is 96.4 Å². The van der Waals surface area contributed by atoms with Gasteiger partial charge in [0.25, 0.3) is 8.32 Å². The fraction of sp³-hybridized carbons (Fsp3) is 0.343. The highest BCUT2D eigenvalue weighted by atomic mass is 35.5. The second kappa shape index (κ2) is 13.3. The van der Waals surface area contributed by atoms with Gasteiger partial charge >= 0.3 is 0 Å². The Labute approximate surface area is 265 Å². The van der Waals surface area contributed by atoms with Crippen molar-refractivity contribution in [3.63, 3.8) is 0 Å². The molecule has 230 valence electrons. The number of anilines is 1. The maximum atomic E-state index is 16.3. The molecule has 1 unspecified atom stereocenters. The Hall–Kier alpha value is -3.43. The summed E-state index contributed by atoms with van der Waals surface area (Å²) in [5, 5.41) is 5.26. The number of ether oxygens (including phenoxy) is 1. The number of rotatable bonds is 9. The first-order valence-corrected chi connectivity index (χ1v) is 17.2. The molecule has 5 rings (SSSR count). The van der Waals surface area contributed by atoms with Crippen LogP contribution in [0.1, 0.15) is 57.4 Å². The minimum absolute atomic E-state index is 0.0533. The molecule has 1 aromatic heterocycles. The average molecular weight is 632 g/mol. The van der Waals surface area contributed by atoms with Gasteiger partial charge in [-0.3, -0.25) is 4.98 Å². The van der Waals surface area contributed by atoms with E-state index in [1.165, 1.54) is 6.20 Å². The SMILES string of the molecule is C[C@@H]1CN(c2c(CO[Si](c3ccccc3)(c3ccccc3)C(C)(C)C)cc(C(N=O)c3cccnc3)c(F)c2Cl)C[C@H](C)O1. The molecule has 0 saturated carbocycles. The lowest BCUT2D eigenvalue weighted by atomic mass is 9.96. The van der Waals surface area contributed by atoms with Gasteiger partial charge in [0, 0.05) is 42.2 Å². The molecule has 0 bridgehead atoms. The molecule has 1 saturated heterocycles. The molecule has 1 aliphatic heterocycles. The third-order valence-corrected chi connectivity index (χ3v) is 13.6. The van der Waals surface area contributed by atoms with Gasteiger partial charge in [0.2, 0.25) is 0 Å². The molecule has 3 aromatic carbocycles. The van der Waals surface area contributed by atoms with Crippen LogP contribution in [0.5, 0.6) is 0 Å². The van der Waals surface area contributed by atoms with Crippen molar-refractivity contribution in [1.82, 2.24) is 4.98 Å². The van der Waals surface area contributed by atoms with Crippen molar-refractivity contribution < 1.29 is 13.6 Å². The van der Waals surface area contributed by atoms with Crippen molar-refractivity contribution in [3.8, 4) is 0 Å². The minimum atomic E-state index is -2.95. The van der Waals surface area contributed by atoms with Crippen molar-refractivity contribution in [3.05, 3.63) is 124 Å². The highest BCUT2D eigenvalue weighted by molar-refractivity contribution is 6.99. The van der Waals surface area contributed by atoms with Crippen LogP contribution in [-0.4, -0.2) is 38.6 Å². The molecule has 1 fully saturated rings. The molecule has 44 heavy (non-hydrogen) atoms. The Balaban J connectivity index is 1.70. The molecule has 0 aliphatic carbocycles. The van der Waals surface area contributed by atoms with Crippen LogP contribution >= 0.6 is 11.6 Å². The molecular weight excluding hydrogens is 593 g/mol. The van der Waals surface area contributed by atoms with E-state index in [0.29, 0.717) is 29.9 Å². The Morgan fingerprint density at radius 3 is 2.11 bits per heavy atom. The maximum absolute atomic E-state index is 16.3. The second-order valence-electron chi connectivity index (χ2n) is 12.5. The van der Waals surface area contributed by atoms with Gasteiger partial charge < -0.3 is 14.1 Å². The fourth-order valence-corrected chi connectivity index (χ4v) is 11.4. The summed E-state index contributed by atoms with van der Waals surface area (Å²) in [6.07, 6.45) is 2.96. The molecule has 9 heteroatoms. The van der Waals surface area contributed by atoms with Gasteiger partial charge in [0.15, 0.2) is 0 Å². The molecule has 6 nitrogen and oxygen atoms in total. The standard InChI is InChI=1S/C35H39ClFN3O3Si/c1-24-21-40(22-25(2)43-24)34-27(19-30(32(37)31(34)36)33(39-41)26-13-12-18-38-20-26)23-42-44(35(3,4)5,28-14-8-6-9-15-28)29-16-10-7-11-17-29/h6-20,24-25,33H,21-23H2,1-5H3/t24-,25+,33?. The number of nitroso groups, excluding NO2 is 1. The third-order valence-electron chi connectivity index (χ3n) is 8.28. The Bertz CT molecular complexity index is 1520. The van der Waals surface area contributed by atoms with Crippen LogP contribution in [0.25, 0.3) is 0 Å². The lowest BCUT2D eigenvalue weighted by Crippen LogP contribution is -2.66. The van der Waals surface area contributed by atoms with Gasteiger partial charge in [0.05, 0.1) is 24.5 Å². The Kier molecular flexibility index (Phi) is 9.65. The number of aromatic nitrogens is 1. The van der Waals surface area contributed by atoms with E-state index in [0.717, 1.165) is 10.4 Å². The van der Waals surface area contributed by atoms with Crippen LogP contribution < -0.4 is 15.3 Å². The van der Waals surface area contributed by atoms with Gasteiger partial charge in [-0.2, -0.15) is 0 Å². The van der Waals surface area contributed by atoms with Gasteiger partial charge in [-0.25, -0.2) is 4.39 Å². The van der Waals surface area contributed by atoms with E-state index in [9.17, 15) is 4.91 Å². The average Bonchev–Trinajstić information content (AvgIpc) is 3.00. The number of hydrogen-bond acceptors (Lipinski definition) is 6. The van der Waals surface area contributed by atoms with Crippen molar-refractivity contribution in [2.24, 2.45) is 5.18 Å². The quantitative estimate of drug-likeness (QED) is 0.142. The Morgan fingerprint density at radius 2 is 1.61 bits per heavy atom. The Morgan fingerprint density at radius 1 is 1.02 bits per heavy atom. The summed E-state index contributed by atoms with van der Waals surface area (Å²) in [4.78, 5) is 18.4. The van der Waals surface area contributed by atoms with Gasteiger partial charge in [-0.15, -0.1) is 4.91 Å². The molecule has 1 aliphatic rings. The number of nitrogens with zero attached hydrogens (tertiary/aromatic N) is 3. The van der Waals surface area contributed by atoms with E-state index < -0.39 is 20.2 Å². The molecule has 0 radical (unpaired) electrons. The van der Waals surface area contributed by atoms with E-state index in [4.69, 9.17) is 20.8 Å². The predicted molar refractivity (Wildman–Crippen MR) is 178 cm³/mol. The van der Waals surface area contributed by atoms with Crippen molar-refractivity contribution in [1.29, 1.82) is 0 Å². The molecule has 0 N–H and O–H groups in total. The summed E-state index contributed by atoms with van der Waals surface area (Å²) in [6.45, 7) is 11.8. The second-order valence-corrected chi connectivity index (χ2v) is 17.2. The van der Waals surface area contributed by atoms with E-state index >= 15 is 4.39 Å².